The van der Waals surface area contributed by atoms with E-state index in [2.05, 4.69) is 15.9 Å². The summed E-state index contributed by atoms with van der Waals surface area (Å²) < 4.78 is 5.88. The molecular weight excluding hydrogens is 362 g/mol. The third kappa shape index (κ3) is 2.96. The number of aliphatic carboxylic acids is 1. The van der Waals surface area contributed by atoms with Gasteiger partial charge in [-0.15, -0.1) is 0 Å². The summed E-state index contributed by atoms with van der Waals surface area (Å²) in [7, 11) is 1.56. The first-order valence-corrected chi connectivity index (χ1v) is 8.71. The lowest BCUT2D eigenvalue weighted by Gasteiger charge is -2.33. The molecule has 1 saturated heterocycles. The third-order valence-corrected chi connectivity index (χ3v) is 5.63. The molecule has 0 radical (unpaired) electrons. The van der Waals surface area contributed by atoms with Crippen molar-refractivity contribution in [2.75, 3.05) is 7.11 Å². The molecule has 1 aromatic rings. The molecule has 3 atom stereocenters. The first-order chi connectivity index (χ1) is 11.0. The summed E-state index contributed by atoms with van der Waals surface area (Å²) in [6.07, 6.45) is 4.68. The van der Waals surface area contributed by atoms with Crippen LogP contribution in [0.3, 0.4) is 0 Å². The van der Waals surface area contributed by atoms with E-state index < -0.39 is 12.0 Å². The van der Waals surface area contributed by atoms with E-state index in [1.165, 1.54) is 0 Å². The van der Waals surface area contributed by atoms with Crippen molar-refractivity contribution in [1.82, 2.24) is 4.90 Å². The van der Waals surface area contributed by atoms with Crippen LogP contribution in [0.1, 0.15) is 42.5 Å². The van der Waals surface area contributed by atoms with Crippen LogP contribution in [-0.4, -0.2) is 41.1 Å². The summed E-state index contributed by atoms with van der Waals surface area (Å²) in [5, 5.41) is 9.54. The normalized spacial score (nSPS) is 26.7. The molecule has 2 aliphatic rings. The van der Waals surface area contributed by atoms with Crippen molar-refractivity contribution in [3.63, 3.8) is 0 Å². The van der Waals surface area contributed by atoms with Gasteiger partial charge in [-0.2, -0.15) is 0 Å². The maximum atomic E-state index is 13.0. The van der Waals surface area contributed by atoms with Gasteiger partial charge in [0, 0.05) is 11.6 Å². The second-order valence-corrected chi connectivity index (χ2v) is 7.12. The molecule has 1 N–H and O–H groups in total. The highest BCUT2D eigenvalue weighted by atomic mass is 79.9. The van der Waals surface area contributed by atoms with Gasteiger partial charge >= 0.3 is 5.97 Å². The summed E-state index contributed by atoms with van der Waals surface area (Å²) in [6, 6.07) is 4.47. The van der Waals surface area contributed by atoms with Crippen LogP contribution in [0.25, 0.3) is 0 Å². The van der Waals surface area contributed by atoms with Crippen molar-refractivity contribution >= 4 is 27.8 Å². The molecule has 1 amide bonds. The number of amides is 1. The van der Waals surface area contributed by atoms with Crippen LogP contribution in [0.2, 0.25) is 0 Å². The minimum Gasteiger partial charge on any atom is -0.496 e. The number of carboxylic acid groups (broad SMARTS) is 1. The summed E-state index contributed by atoms with van der Waals surface area (Å²) in [6.45, 7) is 0. The molecule has 1 saturated carbocycles. The van der Waals surface area contributed by atoms with Crippen LogP contribution < -0.4 is 4.74 Å². The fourth-order valence-electron chi connectivity index (χ4n) is 3.92. The zero-order valence-corrected chi connectivity index (χ0v) is 14.6. The average Bonchev–Trinajstić information content (AvgIpc) is 2.93. The Balaban J connectivity index is 1.92. The monoisotopic (exact) mass is 381 g/mol. The molecule has 1 heterocycles. The summed E-state index contributed by atoms with van der Waals surface area (Å²) >= 11 is 3.39. The Morgan fingerprint density at radius 2 is 2.04 bits per heavy atom. The first-order valence-electron chi connectivity index (χ1n) is 7.92. The second-order valence-electron chi connectivity index (χ2n) is 6.26. The number of likely N-dealkylation sites (tertiary alicyclic amines) is 1. The van der Waals surface area contributed by atoms with Gasteiger partial charge in [-0.25, -0.2) is 4.79 Å². The number of carbonyl (C=O) groups excluding carboxylic acids is 1. The number of ether oxygens (including phenoxy) is 1. The number of hydrogen-bond donors (Lipinski definition) is 1. The molecule has 3 unspecified atom stereocenters. The Bertz CT molecular complexity index is 633. The number of hydrogen-bond acceptors (Lipinski definition) is 3. The van der Waals surface area contributed by atoms with Crippen LogP contribution in [0.5, 0.6) is 5.75 Å². The summed E-state index contributed by atoms with van der Waals surface area (Å²) in [5.74, 6) is -0.140. The minimum atomic E-state index is -0.902. The fourth-order valence-corrected chi connectivity index (χ4v) is 4.46. The Morgan fingerprint density at radius 1 is 1.30 bits per heavy atom. The van der Waals surface area contributed by atoms with Crippen LogP contribution in [0.4, 0.5) is 0 Å². The van der Waals surface area contributed by atoms with Gasteiger partial charge in [0.05, 0.1) is 11.6 Å². The number of halogens is 1. The second kappa shape index (κ2) is 6.51. The van der Waals surface area contributed by atoms with Gasteiger partial charge in [-0.05, 0) is 59.3 Å². The van der Waals surface area contributed by atoms with Crippen molar-refractivity contribution < 1.29 is 19.4 Å². The smallest absolute Gasteiger partial charge is 0.326 e. The third-order valence-electron chi connectivity index (χ3n) is 5.01. The Labute approximate surface area is 143 Å². The topological polar surface area (TPSA) is 66.8 Å². The van der Waals surface area contributed by atoms with E-state index in [1.807, 2.05) is 0 Å². The number of methoxy groups -OCH3 is 1. The van der Waals surface area contributed by atoms with E-state index in [9.17, 15) is 14.7 Å². The van der Waals surface area contributed by atoms with Crippen molar-refractivity contribution in [3.8, 4) is 5.75 Å². The molecule has 23 heavy (non-hydrogen) atoms. The van der Waals surface area contributed by atoms with E-state index in [-0.39, 0.29) is 11.9 Å². The summed E-state index contributed by atoms with van der Waals surface area (Å²) in [4.78, 5) is 26.2. The lowest BCUT2D eigenvalue weighted by Crippen LogP contribution is -2.46. The molecule has 0 spiro atoms. The molecule has 2 fully saturated rings. The van der Waals surface area contributed by atoms with Gasteiger partial charge in [0.1, 0.15) is 11.8 Å². The minimum absolute atomic E-state index is 0.0539. The standard InChI is InChI=1S/C17H20BrNO4/c1-23-15-7-6-11(8-12(15)18)16(20)19-13-5-3-2-4-10(13)9-14(19)17(21)22/h6-8,10,13-14H,2-5,9H2,1H3,(H,21,22). The van der Waals surface area contributed by atoms with E-state index in [1.54, 1.807) is 30.2 Å². The first kappa shape index (κ1) is 16.3. The molecule has 1 aliphatic carbocycles. The molecular formula is C17H20BrNO4. The predicted molar refractivity (Wildman–Crippen MR) is 88.7 cm³/mol. The molecule has 3 rings (SSSR count). The van der Waals surface area contributed by atoms with E-state index in [0.717, 1.165) is 25.7 Å². The quantitative estimate of drug-likeness (QED) is 0.871. The molecule has 0 aromatic heterocycles. The van der Waals surface area contributed by atoms with Crippen LogP contribution >= 0.6 is 15.9 Å². The zero-order valence-electron chi connectivity index (χ0n) is 13.0. The lowest BCUT2D eigenvalue weighted by molar-refractivity contribution is -0.141. The Kier molecular flexibility index (Phi) is 4.62. The average molecular weight is 382 g/mol. The van der Waals surface area contributed by atoms with E-state index in [0.29, 0.717) is 28.1 Å². The van der Waals surface area contributed by atoms with Crippen LogP contribution in [-0.2, 0) is 4.79 Å². The van der Waals surface area contributed by atoms with Crippen molar-refractivity contribution in [2.45, 2.75) is 44.2 Å². The van der Waals surface area contributed by atoms with Gasteiger partial charge < -0.3 is 14.7 Å². The van der Waals surface area contributed by atoms with Crippen molar-refractivity contribution in [1.29, 1.82) is 0 Å². The van der Waals surface area contributed by atoms with E-state index in [4.69, 9.17) is 4.74 Å². The molecule has 6 heteroatoms. The lowest BCUT2D eigenvalue weighted by atomic mass is 9.84. The van der Waals surface area contributed by atoms with Gasteiger partial charge in [0.2, 0.25) is 0 Å². The predicted octanol–water partition coefficient (Wildman–Crippen LogP) is 3.32. The summed E-state index contributed by atoms with van der Waals surface area (Å²) in [5.41, 5.74) is 0.496. The largest absolute Gasteiger partial charge is 0.496 e. The number of carboxylic acids is 1. The number of nitrogens with zero attached hydrogens (tertiary/aromatic N) is 1. The molecule has 5 nitrogen and oxygen atoms in total. The number of carbonyl (C=O) groups is 2. The van der Waals surface area contributed by atoms with Gasteiger partial charge in [0.25, 0.3) is 5.91 Å². The van der Waals surface area contributed by atoms with Gasteiger partial charge in [0.15, 0.2) is 0 Å². The molecule has 1 aliphatic heterocycles. The highest BCUT2D eigenvalue weighted by Crippen LogP contribution is 2.41. The van der Waals surface area contributed by atoms with Crippen molar-refractivity contribution in [2.24, 2.45) is 5.92 Å². The number of fused-ring (bicyclic) bond motifs is 1. The number of rotatable bonds is 3. The SMILES string of the molecule is COc1ccc(C(=O)N2C(C(=O)O)CC3CCCCC32)cc1Br. The maximum absolute atomic E-state index is 13.0. The zero-order chi connectivity index (χ0) is 16.6. The Morgan fingerprint density at radius 3 is 2.70 bits per heavy atom. The van der Waals surface area contributed by atoms with Crippen LogP contribution in [0, 0.1) is 5.92 Å². The highest BCUT2D eigenvalue weighted by molar-refractivity contribution is 9.10. The molecule has 1 aromatic carbocycles. The van der Waals surface area contributed by atoms with Crippen LogP contribution in [0.15, 0.2) is 22.7 Å². The van der Waals surface area contributed by atoms with Crippen molar-refractivity contribution in [3.05, 3.63) is 28.2 Å². The highest BCUT2D eigenvalue weighted by Gasteiger charge is 2.47. The van der Waals surface area contributed by atoms with Gasteiger partial charge in [-0.3, -0.25) is 4.79 Å². The fraction of sp³-hybridized carbons (Fsp3) is 0.529. The van der Waals surface area contributed by atoms with Gasteiger partial charge in [-0.1, -0.05) is 12.8 Å². The Hall–Kier alpha value is -1.56. The maximum Gasteiger partial charge on any atom is 0.326 e. The molecule has 0 bridgehead atoms. The number of benzene rings is 1. The molecule has 124 valence electrons. The van der Waals surface area contributed by atoms with E-state index >= 15 is 0 Å².